The van der Waals surface area contributed by atoms with Gasteiger partial charge in [-0.05, 0) is 47.9 Å². The van der Waals surface area contributed by atoms with Crippen molar-refractivity contribution in [1.82, 2.24) is 15.3 Å². The summed E-state index contributed by atoms with van der Waals surface area (Å²) in [5.41, 5.74) is 4.45. The summed E-state index contributed by atoms with van der Waals surface area (Å²) in [6, 6.07) is 16.4. The Labute approximate surface area is 232 Å². The summed E-state index contributed by atoms with van der Waals surface area (Å²) in [7, 11) is -3.17. The van der Waals surface area contributed by atoms with Crippen LogP contribution in [0, 0.1) is 0 Å². The SMILES string of the molecule is CCCCOP(=O)(CCCCC1(C(=O)NCCc2cnc[nH]2)c2ccccc2-c2ccccc21)OCCCC. The van der Waals surface area contributed by atoms with Crippen LogP contribution in [0.3, 0.4) is 0 Å². The molecule has 39 heavy (non-hydrogen) atoms. The maximum atomic E-state index is 14.1. The van der Waals surface area contributed by atoms with Gasteiger partial charge in [0.2, 0.25) is 5.91 Å². The topological polar surface area (TPSA) is 93.3 Å². The lowest BCUT2D eigenvalue weighted by Gasteiger charge is -2.31. The minimum absolute atomic E-state index is 0.000916. The molecule has 1 aliphatic rings. The Morgan fingerprint density at radius 3 is 2.10 bits per heavy atom. The number of nitrogens with zero attached hydrogens (tertiary/aromatic N) is 1. The molecule has 0 unspecified atom stereocenters. The van der Waals surface area contributed by atoms with Crippen LogP contribution in [-0.4, -0.2) is 41.8 Å². The number of unbranched alkanes of at least 4 members (excludes halogenated alkanes) is 3. The molecule has 0 saturated carbocycles. The average molecular weight is 552 g/mol. The van der Waals surface area contributed by atoms with Crippen molar-refractivity contribution < 1.29 is 18.4 Å². The molecule has 0 fully saturated rings. The number of carbonyl (C=O) groups excluding carboxylic acids is 1. The highest BCUT2D eigenvalue weighted by Crippen LogP contribution is 2.53. The average Bonchev–Trinajstić information content (AvgIpc) is 3.57. The van der Waals surface area contributed by atoms with Gasteiger partial charge in [-0.15, -0.1) is 0 Å². The summed E-state index contributed by atoms with van der Waals surface area (Å²) in [4.78, 5) is 21.3. The Morgan fingerprint density at radius 2 is 1.54 bits per heavy atom. The second-order valence-corrected chi connectivity index (χ2v) is 12.4. The third-order valence-corrected chi connectivity index (χ3v) is 9.51. The van der Waals surface area contributed by atoms with E-state index < -0.39 is 13.0 Å². The summed E-state index contributed by atoms with van der Waals surface area (Å²) in [5.74, 6) is 0.000916. The van der Waals surface area contributed by atoms with E-state index in [-0.39, 0.29) is 5.91 Å². The fourth-order valence-electron chi connectivity index (χ4n) is 5.39. The first-order valence-corrected chi connectivity index (χ1v) is 16.1. The number of aromatic amines is 1. The minimum atomic E-state index is -3.17. The van der Waals surface area contributed by atoms with E-state index in [9.17, 15) is 9.36 Å². The lowest BCUT2D eigenvalue weighted by atomic mass is 9.73. The second kappa shape index (κ2) is 14.1. The van der Waals surface area contributed by atoms with Gasteiger partial charge in [-0.25, -0.2) is 4.98 Å². The van der Waals surface area contributed by atoms with Gasteiger partial charge in [0.05, 0.1) is 25.7 Å². The van der Waals surface area contributed by atoms with E-state index in [0.717, 1.165) is 60.1 Å². The molecule has 0 bridgehead atoms. The first kappa shape index (κ1) is 29.3. The Hall–Kier alpha value is -2.73. The van der Waals surface area contributed by atoms with E-state index in [1.165, 1.54) is 0 Å². The van der Waals surface area contributed by atoms with Crippen LogP contribution in [0.4, 0.5) is 0 Å². The number of aromatic nitrogens is 2. The number of imidazole rings is 1. The summed E-state index contributed by atoms with van der Waals surface area (Å²) < 4.78 is 25.1. The maximum absolute atomic E-state index is 14.1. The summed E-state index contributed by atoms with van der Waals surface area (Å²) in [6.07, 6.45) is 10.1. The fraction of sp³-hybridized carbons (Fsp3) is 0.484. The first-order valence-electron chi connectivity index (χ1n) is 14.4. The van der Waals surface area contributed by atoms with Crippen molar-refractivity contribution in [2.45, 2.75) is 70.6 Å². The number of hydrogen-bond acceptors (Lipinski definition) is 5. The number of hydrogen-bond donors (Lipinski definition) is 2. The van der Waals surface area contributed by atoms with Crippen molar-refractivity contribution in [1.29, 1.82) is 0 Å². The van der Waals surface area contributed by atoms with Gasteiger partial charge in [0.25, 0.3) is 0 Å². The van der Waals surface area contributed by atoms with Crippen molar-refractivity contribution >= 4 is 13.5 Å². The van der Waals surface area contributed by atoms with Crippen molar-refractivity contribution in [2.24, 2.45) is 0 Å². The van der Waals surface area contributed by atoms with E-state index >= 15 is 0 Å². The minimum Gasteiger partial charge on any atom is -0.355 e. The lowest BCUT2D eigenvalue weighted by Crippen LogP contribution is -2.45. The quantitative estimate of drug-likeness (QED) is 0.139. The van der Waals surface area contributed by atoms with Gasteiger partial charge in [0.15, 0.2) is 0 Å². The molecule has 7 nitrogen and oxygen atoms in total. The molecule has 3 aromatic rings. The molecule has 1 aliphatic carbocycles. The van der Waals surface area contributed by atoms with Crippen LogP contribution in [0.2, 0.25) is 0 Å². The molecule has 0 aliphatic heterocycles. The zero-order valence-electron chi connectivity index (χ0n) is 23.3. The smallest absolute Gasteiger partial charge is 0.330 e. The number of carbonyl (C=O) groups is 1. The van der Waals surface area contributed by atoms with Crippen LogP contribution in [-0.2, 0) is 30.2 Å². The normalized spacial score (nSPS) is 13.7. The summed E-state index contributed by atoms with van der Waals surface area (Å²) in [6.45, 7) is 5.58. The molecule has 210 valence electrons. The lowest BCUT2D eigenvalue weighted by molar-refractivity contribution is -0.125. The van der Waals surface area contributed by atoms with Crippen LogP contribution in [0.25, 0.3) is 11.1 Å². The van der Waals surface area contributed by atoms with Crippen molar-refractivity contribution in [3.63, 3.8) is 0 Å². The predicted molar refractivity (Wildman–Crippen MR) is 156 cm³/mol. The molecule has 0 saturated heterocycles. The molecule has 1 heterocycles. The standard InChI is InChI=1S/C31H42N3O4P/c1-3-5-20-37-39(36,38-21-6-4-2)22-12-11-18-31(30(35)33-19-17-25-23-32-24-34-25)28-15-9-7-13-26(28)27-14-8-10-16-29(27)31/h7-10,13-16,23-24H,3-6,11-12,17-22H2,1-2H3,(H,32,34)(H,33,35). The molecular weight excluding hydrogens is 509 g/mol. The van der Waals surface area contributed by atoms with Gasteiger partial charge in [-0.1, -0.05) is 81.6 Å². The van der Waals surface area contributed by atoms with Crippen LogP contribution in [0.15, 0.2) is 61.1 Å². The van der Waals surface area contributed by atoms with Gasteiger partial charge in [-0.3, -0.25) is 9.36 Å². The van der Waals surface area contributed by atoms with Crippen molar-refractivity contribution in [2.75, 3.05) is 25.9 Å². The molecule has 0 atom stereocenters. The highest BCUT2D eigenvalue weighted by Gasteiger charge is 2.48. The number of fused-ring (bicyclic) bond motifs is 3. The third kappa shape index (κ3) is 6.89. The van der Waals surface area contributed by atoms with E-state index in [1.807, 2.05) is 24.3 Å². The molecular formula is C31H42N3O4P. The largest absolute Gasteiger partial charge is 0.355 e. The second-order valence-electron chi connectivity index (χ2n) is 10.2. The Morgan fingerprint density at radius 1 is 0.923 bits per heavy atom. The van der Waals surface area contributed by atoms with Crippen LogP contribution < -0.4 is 5.32 Å². The van der Waals surface area contributed by atoms with Crippen molar-refractivity contribution in [3.05, 3.63) is 77.9 Å². The molecule has 4 rings (SSSR count). The van der Waals surface area contributed by atoms with Crippen LogP contribution >= 0.6 is 7.60 Å². The molecule has 8 heteroatoms. The number of amides is 1. The van der Waals surface area contributed by atoms with Gasteiger partial charge < -0.3 is 19.3 Å². The van der Waals surface area contributed by atoms with E-state index in [1.54, 1.807) is 12.5 Å². The van der Waals surface area contributed by atoms with E-state index in [0.29, 0.717) is 45.2 Å². The zero-order chi connectivity index (χ0) is 27.6. The molecule has 2 aromatic carbocycles. The number of rotatable bonds is 17. The van der Waals surface area contributed by atoms with Gasteiger partial charge in [0, 0.05) is 24.9 Å². The van der Waals surface area contributed by atoms with Crippen molar-refractivity contribution in [3.8, 4) is 11.1 Å². The van der Waals surface area contributed by atoms with Gasteiger partial charge >= 0.3 is 7.60 Å². The molecule has 0 radical (unpaired) electrons. The molecule has 2 N–H and O–H groups in total. The maximum Gasteiger partial charge on any atom is 0.330 e. The monoisotopic (exact) mass is 551 g/mol. The Bertz CT molecular complexity index is 1180. The highest BCUT2D eigenvalue weighted by molar-refractivity contribution is 7.53. The summed E-state index contributed by atoms with van der Waals surface area (Å²) >= 11 is 0. The van der Waals surface area contributed by atoms with Crippen LogP contribution in [0.1, 0.15) is 75.6 Å². The number of H-pyrrole nitrogens is 1. The third-order valence-electron chi connectivity index (χ3n) is 7.49. The van der Waals surface area contributed by atoms with Gasteiger partial charge in [0.1, 0.15) is 5.41 Å². The molecule has 0 spiro atoms. The van der Waals surface area contributed by atoms with E-state index in [2.05, 4.69) is 53.4 Å². The summed E-state index contributed by atoms with van der Waals surface area (Å²) in [5, 5.41) is 3.22. The fourth-order valence-corrected chi connectivity index (χ4v) is 7.15. The number of benzene rings is 2. The Kier molecular flexibility index (Phi) is 10.6. The Balaban J connectivity index is 1.52. The zero-order valence-corrected chi connectivity index (χ0v) is 24.2. The highest BCUT2D eigenvalue weighted by atomic mass is 31.2. The number of nitrogens with one attached hydrogen (secondary N) is 2. The van der Waals surface area contributed by atoms with Crippen LogP contribution in [0.5, 0.6) is 0 Å². The molecule has 1 amide bonds. The molecule has 1 aromatic heterocycles. The van der Waals surface area contributed by atoms with Gasteiger partial charge in [-0.2, -0.15) is 0 Å². The first-order chi connectivity index (χ1) is 19.0. The predicted octanol–water partition coefficient (Wildman–Crippen LogP) is 7.03. The van der Waals surface area contributed by atoms with E-state index in [4.69, 9.17) is 9.05 Å².